The number of H-pyrrole nitrogens is 1. The Balaban J connectivity index is 1.94. The lowest BCUT2D eigenvalue weighted by atomic mass is 10.2. The van der Waals surface area contributed by atoms with Crippen LogP contribution in [0.1, 0.15) is 11.3 Å². The minimum absolute atomic E-state index is 0.126. The van der Waals surface area contributed by atoms with Crippen LogP contribution in [0.5, 0.6) is 0 Å². The van der Waals surface area contributed by atoms with Crippen LogP contribution in [-0.2, 0) is 0 Å². The smallest absolute Gasteiger partial charge is 0.312 e. The van der Waals surface area contributed by atoms with Crippen molar-refractivity contribution in [1.29, 1.82) is 0 Å². The van der Waals surface area contributed by atoms with Crippen LogP contribution in [0, 0.1) is 18.8 Å². The molecule has 0 fully saturated rings. The number of hydrogen-bond donors (Lipinski definition) is 4. The maximum atomic E-state index is 10.6. The van der Waals surface area contributed by atoms with Gasteiger partial charge in [-0.15, -0.1) is 0 Å². The first-order valence-corrected chi connectivity index (χ1v) is 7.14. The molecule has 0 aliphatic carbocycles. The Morgan fingerprint density at radius 3 is 3.00 bits per heavy atom. The molecule has 6 N–H and O–H groups in total. The third-order valence-electron chi connectivity index (χ3n) is 3.23. The summed E-state index contributed by atoms with van der Waals surface area (Å²) >= 11 is 0. The van der Waals surface area contributed by atoms with Gasteiger partial charge in [-0.3, -0.25) is 0 Å². The van der Waals surface area contributed by atoms with E-state index in [2.05, 4.69) is 37.1 Å². The van der Waals surface area contributed by atoms with Crippen LogP contribution < -0.4 is 16.8 Å². The van der Waals surface area contributed by atoms with E-state index >= 15 is 0 Å². The molecule has 8 nitrogen and oxygen atoms in total. The second-order valence-corrected chi connectivity index (χ2v) is 5.11. The first-order chi connectivity index (χ1) is 11.5. The Kier molecular flexibility index (Phi) is 3.99. The van der Waals surface area contributed by atoms with Crippen molar-refractivity contribution >= 4 is 22.9 Å². The van der Waals surface area contributed by atoms with E-state index in [0.717, 1.165) is 16.6 Å². The van der Waals surface area contributed by atoms with E-state index in [4.69, 9.17) is 11.5 Å². The third-order valence-corrected chi connectivity index (χ3v) is 3.23. The van der Waals surface area contributed by atoms with Gasteiger partial charge in [-0.05, 0) is 30.5 Å². The highest BCUT2D eigenvalue weighted by Crippen LogP contribution is 2.23. The van der Waals surface area contributed by atoms with Crippen molar-refractivity contribution < 1.29 is 4.79 Å². The van der Waals surface area contributed by atoms with Gasteiger partial charge in [-0.1, -0.05) is 12.0 Å². The minimum atomic E-state index is -0.633. The van der Waals surface area contributed by atoms with Crippen LogP contribution in [0.4, 0.5) is 10.6 Å². The lowest BCUT2D eigenvalue weighted by Gasteiger charge is -2.00. The molecule has 0 saturated carbocycles. The van der Waals surface area contributed by atoms with Gasteiger partial charge in [0.15, 0.2) is 11.6 Å². The fourth-order valence-electron chi connectivity index (χ4n) is 2.13. The monoisotopic (exact) mass is 321 g/mol. The quantitative estimate of drug-likeness (QED) is 0.521. The van der Waals surface area contributed by atoms with Crippen LogP contribution >= 0.6 is 0 Å². The summed E-state index contributed by atoms with van der Waals surface area (Å²) in [7, 11) is 0. The molecular weight excluding hydrogens is 306 g/mol. The average Bonchev–Trinajstić information content (AvgIpc) is 2.95. The molecule has 0 aliphatic rings. The predicted octanol–water partition coefficient (Wildman–Crippen LogP) is 0.930. The Labute approximate surface area is 137 Å². The Hall–Kier alpha value is -3.60. The number of urea groups is 1. The zero-order valence-corrected chi connectivity index (χ0v) is 12.9. The van der Waals surface area contributed by atoms with Gasteiger partial charge in [0.25, 0.3) is 0 Å². The summed E-state index contributed by atoms with van der Waals surface area (Å²) in [6.45, 7) is 2.13. The first kappa shape index (κ1) is 15.3. The van der Waals surface area contributed by atoms with Crippen molar-refractivity contribution in [1.82, 2.24) is 25.3 Å². The third kappa shape index (κ3) is 3.25. The zero-order chi connectivity index (χ0) is 17.1. The number of hydrogen-bond acceptors (Lipinski definition) is 5. The molecular formula is C16H15N7O. The van der Waals surface area contributed by atoms with Crippen LogP contribution in [-0.4, -0.2) is 32.5 Å². The average molecular weight is 321 g/mol. The fraction of sp³-hybridized carbons (Fsp3) is 0.125. The minimum Gasteiger partial charge on any atom is -0.382 e. The second kappa shape index (κ2) is 6.26. The van der Waals surface area contributed by atoms with E-state index < -0.39 is 6.03 Å². The number of imidazole rings is 1. The van der Waals surface area contributed by atoms with Crippen molar-refractivity contribution in [2.24, 2.45) is 5.73 Å². The number of fused-ring (bicyclic) bond motifs is 1. The topological polar surface area (TPSA) is 136 Å². The molecule has 0 radical (unpaired) electrons. The largest absolute Gasteiger partial charge is 0.382 e. The van der Waals surface area contributed by atoms with Crippen molar-refractivity contribution in [3.8, 4) is 23.4 Å². The van der Waals surface area contributed by atoms with Crippen molar-refractivity contribution in [3.63, 3.8) is 0 Å². The van der Waals surface area contributed by atoms with Crippen molar-refractivity contribution in [2.45, 2.75) is 6.92 Å². The molecule has 3 aromatic rings. The summed E-state index contributed by atoms with van der Waals surface area (Å²) < 4.78 is 0. The van der Waals surface area contributed by atoms with Crippen molar-refractivity contribution in [2.75, 3.05) is 12.3 Å². The number of anilines is 1. The molecule has 0 atom stereocenters. The van der Waals surface area contributed by atoms with E-state index in [9.17, 15) is 4.79 Å². The van der Waals surface area contributed by atoms with Crippen LogP contribution in [0.2, 0.25) is 0 Å². The lowest BCUT2D eigenvalue weighted by molar-refractivity contribution is 0.250. The van der Waals surface area contributed by atoms with Gasteiger partial charge in [0.05, 0.1) is 23.8 Å². The summed E-state index contributed by atoms with van der Waals surface area (Å²) in [5.41, 5.74) is 14.6. The number of benzene rings is 1. The number of primary amides is 1. The number of nitrogens with zero attached hydrogens (tertiary/aromatic N) is 3. The fourth-order valence-corrected chi connectivity index (χ4v) is 2.13. The molecule has 0 unspecified atom stereocenters. The first-order valence-electron chi connectivity index (χ1n) is 7.14. The summed E-state index contributed by atoms with van der Waals surface area (Å²) in [4.78, 5) is 26.7. The Morgan fingerprint density at radius 2 is 2.21 bits per heavy atom. The number of aryl methyl sites for hydroxylation is 1. The molecule has 0 bridgehead atoms. The van der Waals surface area contributed by atoms with E-state index in [-0.39, 0.29) is 12.4 Å². The molecule has 2 amide bonds. The van der Waals surface area contributed by atoms with Gasteiger partial charge < -0.3 is 21.8 Å². The molecule has 120 valence electrons. The highest BCUT2D eigenvalue weighted by atomic mass is 16.2. The molecule has 0 spiro atoms. The summed E-state index contributed by atoms with van der Waals surface area (Å²) in [5.74, 6) is 6.30. The maximum Gasteiger partial charge on any atom is 0.312 e. The maximum absolute atomic E-state index is 10.6. The molecule has 3 rings (SSSR count). The molecule has 24 heavy (non-hydrogen) atoms. The number of carbonyl (C=O) groups excluding carboxylic acids is 1. The number of nitrogen functional groups attached to an aromatic ring is 1. The number of nitrogens with two attached hydrogens (primary N) is 2. The van der Waals surface area contributed by atoms with Gasteiger partial charge in [-0.2, -0.15) is 0 Å². The van der Waals surface area contributed by atoms with Crippen LogP contribution in [0.15, 0.2) is 24.4 Å². The lowest BCUT2D eigenvalue weighted by Crippen LogP contribution is -2.29. The molecule has 0 saturated heterocycles. The highest BCUT2D eigenvalue weighted by molar-refractivity contribution is 5.81. The number of aromatic amines is 1. The van der Waals surface area contributed by atoms with Gasteiger partial charge in [0.2, 0.25) is 0 Å². The molecule has 1 aromatic carbocycles. The van der Waals surface area contributed by atoms with Gasteiger partial charge >= 0.3 is 6.03 Å². The zero-order valence-electron chi connectivity index (χ0n) is 12.9. The molecule has 8 heteroatoms. The number of rotatable bonds is 2. The normalized spacial score (nSPS) is 10.2. The summed E-state index contributed by atoms with van der Waals surface area (Å²) in [6.07, 6.45) is 1.46. The number of aromatic nitrogens is 4. The number of nitrogens with one attached hydrogen (secondary N) is 2. The molecule has 0 aliphatic heterocycles. The molecule has 2 heterocycles. The van der Waals surface area contributed by atoms with Crippen molar-refractivity contribution in [3.05, 3.63) is 35.7 Å². The van der Waals surface area contributed by atoms with Crippen LogP contribution in [0.25, 0.3) is 22.6 Å². The van der Waals surface area contributed by atoms with Gasteiger partial charge in [-0.25, -0.2) is 19.7 Å². The standard InChI is InChI=1S/C16H15N7O/c1-9-4-5-11-12(7-9)23-15(22-11)13-14(17)20-8-10(21-13)3-2-6-19-16(18)24/h4-5,7-8H,6H2,1H3,(H2,17,20)(H,22,23)(H3,18,19,24). The second-order valence-electron chi connectivity index (χ2n) is 5.11. The van der Waals surface area contributed by atoms with E-state index in [1.165, 1.54) is 6.20 Å². The number of carbonyl (C=O) groups is 1. The van der Waals surface area contributed by atoms with Gasteiger partial charge in [0, 0.05) is 0 Å². The van der Waals surface area contributed by atoms with E-state index in [1.807, 2.05) is 25.1 Å². The highest BCUT2D eigenvalue weighted by Gasteiger charge is 2.12. The summed E-state index contributed by atoms with van der Waals surface area (Å²) in [5, 5.41) is 2.37. The SMILES string of the molecule is Cc1ccc2nc(-c3nc(C#CCNC(N)=O)cnc3N)[nH]c2c1. The summed E-state index contributed by atoms with van der Waals surface area (Å²) in [6, 6.07) is 5.27. The predicted molar refractivity (Wildman–Crippen MR) is 90.7 cm³/mol. The van der Waals surface area contributed by atoms with Crippen LogP contribution in [0.3, 0.4) is 0 Å². The Bertz CT molecular complexity index is 981. The Morgan fingerprint density at radius 1 is 1.38 bits per heavy atom. The van der Waals surface area contributed by atoms with E-state index in [1.54, 1.807) is 0 Å². The van der Waals surface area contributed by atoms with Gasteiger partial charge in [0.1, 0.15) is 11.4 Å². The number of amides is 2. The molecule has 2 aromatic heterocycles. The van der Waals surface area contributed by atoms with E-state index in [0.29, 0.717) is 17.2 Å².